The molecule has 0 bridgehead atoms. The largest absolute Gasteiger partial charge is 0.449 e. The molecule has 1 unspecified atom stereocenters. The van der Waals surface area contributed by atoms with Gasteiger partial charge < -0.3 is 18.9 Å². The average Bonchev–Trinajstić information content (AvgIpc) is 2.54. The smallest absolute Gasteiger partial charge is 0.303 e. The summed E-state index contributed by atoms with van der Waals surface area (Å²) in [7, 11) is 4.84. The first-order valence-electron chi connectivity index (χ1n) is 5.01. The fourth-order valence-electron chi connectivity index (χ4n) is 1.78. The van der Waals surface area contributed by atoms with Crippen molar-refractivity contribution in [1.29, 1.82) is 0 Å². The van der Waals surface area contributed by atoms with Gasteiger partial charge in [0.15, 0.2) is 5.44 Å². The monoisotopic (exact) mass is 250 g/mol. The zero-order valence-electron chi connectivity index (χ0n) is 9.97. The molecule has 0 radical (unpaired) electrons. The molecule has 0 N–H and O–H groups in total. The molecule has 16 heavy (non-hydrogen) atoms. The Morgan fingerprint density at radius 3 is 2.25 bits per heavy atom. The Kier molecular flexibility index (Phi) is 5.54. The molecule has 1 aliphatic rings. The van der Waals surface area contributed by atoms with E-state index in [1.807, 2.05) is 0 Å². The minimum atomic E-state index is -0.326. The summed E-state index contributed by atoms with van der Waals surface area (Å²) in [6, 6.07) is 0. The normalized spacial score (nSPS) is 34.0. The quantitative estimate of drug-likeness (QED) is 0.668. The van der Waals surface area contributed by atoms with Gasteiger partial charge in [-0.25, -0.2) is 0 Å². The van der Waals surface area contributed by atoms with E-state index in [0.29, 0.717) is 6.61 Å². The molecule has 0 amide bonds. The van der Waals surface area contributed by atoms with Gasteiger partial charge in [-0.1, -0.05) is 0 Å². The molecule has 94 valence electrons. The second-order valence-corrected chi connectivity index (χ2v) is 4.85. The van der Waals surface area contributed by atoms with Crippen LogP contribution in [0.25, 0.3) is 0 Å². The van der Waals surface area contributed by atoms with Crippen LogP contribution < -0.4 is 0 Å². The Labute approximate surface area is 99.8 Å². The molecule has 0 saturated carbocycles. The molecule has 5 nitrogen and oxygen atoms in total. The van der Waals surface area contributed by atoms with Crippen molar-refractivity contribution in [2.24, 2.45) is 0 Å². The van der Waals surface area contributed by atoms with Crippen molar-refractivity contribution in [3.8, 4) is 0 Å². The Morgan fingerprint density at radius 1 is 1.19 bits per heavy atom. The van der Waals surface area contributed by atoms with Crippen LogP contribution in [0.1, 0.15) is 6.92 Å². The maximum atomic E-state index is 11.0. The van der Waals surface area contributed by atoms with Gasteiger partial charge in [-0.05, 0) is 0 Å². The number of carbonyl (C=O) groups is 1. The minimum Gasteiger partial charge on any atom is -0.449 e. The maximum absolute atomic E-state index is 11.0. The van der Waals surface area contributed by atoms with Gasteiger partial charge in [0, 0.05) is 28.3 Å². The Balaban J connectivity index is 2.69. The maximum Gasteiger partial charge on any atom is 0.303 e. The Bertz CT molecular complexity index is 235. The molecule has 1 heterocycles. The highest BCUT2D eigenvalue weighted by molar-refractivity contribution is 8.00. The summed E-state index contributed by atoms with van der Waals surface area (Å²) in [6.45, 7) is 1.93. The standard InChI is InChI=1S/C10H18O5S/c1-6(11)15-10-9(14-4)8(13-3)7(16-10)5-12-2/h7-10H,5H2,1-4H3/t7-,8+,9-,10?/m1/s1. The van der Waals surface area contributed by atoms with E-state index in [-0.39, 0.29) is 28.9 Å². The summed E-state index contributed by atoms with van der Waals surface area (Å²) in [5.74, 6) is -0.313. The lowest BCUT2D eigenvalue weighted by Gasteiger charge is -2.22. The number of methoxy groups -OCH3 is 3. The van der Waals surface area contributed by atoms with E-state index in [9.17, 15) is 4.79 Å². The van der Waals surface area contributed by atoms with E-state index in [1.165, 1.54) is 18.7 Å². The van der Waals surface area contributed by atoms with Crippen molar-refractivity contribution < 1.29 is 23.7 Å². The van der Waals surface area contributed by atoms with Gasteiger partial charge in [0.05, 0.1) is 11.9 Å². The van der Waals surface area contributed by atoms with Gasteiger partial charge in [-0.15, -0.1) is 11.8 Å². The molecular weight excluding hydrogens is 232 g/mol. The summed E-state index contributed by atoms with van der Waals surface area (Å²) < 4.78 is 21.0. The first kappa shape index (κ1) is 13.8. The van der Waals surface area contributed by atoms with E-state index < -0.39 is 0 Å². The fraction of sp³-hybridized carbons (Fsp3) is 0.900. The molecule has 0 aromatic carbocycles. The summed E-state index contributed by atoms with van der Waals surface area (Å²) >= 11 is 1.51. The lowest BCUT2D eigenvalue weighted by atomic mass is 10.1. The lowest BCUT2D eigenvalue weighted by molar-refractivity contribution is -0.150. The number of ether oxygens (including phenoxy) is 4. The first-order chi connectivity index (χ1) is 7.63. The third-order valence-electron chi connectivity index (χ3n) is 2.42. The average molecular weight is 250 g/mol. The lowest BCUT2D eigenvalue weighted by Crippen LogP contribution is -2.38. The van der Waals surface area contributed by atoms with Gasteiger partial charge in [0.25, 0.3) is 0 Å². The van der Waals surface area contributed by atoms with Crippen LogP contribution >= 0.6 is 11.8 Å². The molecule has 0 aromatic rings. The van der Waals surface area contributed by atoms with Gasteiger partial charge in [-0.2, -0.15) is 0 Å². The summed E-state index contributed by atoms with van der Waals surface area (Å²) in [5, 5.41) is 0.115. The second-order valence-electron chi connectivity index (χ2n) is 3.51. The van der Waals surface area contributed by atoms with Crippen LogP contribution in [0.4, 0.5) is 0 Å². The molecule has 1 saturated heterocycles. The SMILES string of the molecule is COC[C@H]1SC(OC(C)=O)[C@H](OC)[C@H]1OC. The molecule has 0 aromatic heterocycles. The van der Waals surface area contributed by atoms with Crippen molar-refractivity contribution in [1.82, 2.24) is 0 Å². The molecular formula is C10H18O5S. The van der Waals surface area contributed by atoms with Crippen molar-refractivity contribution in [2.75, 3.05) is 27.9 Å². The van der Waals surface area contributed by atoms with Gasteiger partial charge >= 0.3 is 5.97 Å². The second kappa shape index (κ2) is 6.44. The molecule has 6 heteroatoms. The van der Waals surface area contributed by atoms with Crippen molar-refractivity contribution >= 4 is 17.7 Å². The number of rotatable bonds is 5. The van der Waals surface area contributed by atoms with E-state index in [0.717, 1.165) is 0 Å². The van der Waals surface area contributed by atoms with E-state index >= 15 is 0 Å². The Morgan fingerprint density at radius 2 is 1.81 bits per heavy atom. The van der Waals surface area contributed by atoms with Crippen LogP contribution in [0.5, 0.6) is 0 Å². The molecule has 1 fully saturated rings. The van der Waals surface area contributed by atoms with E-state index in [1.54, 1.807) is 21.3 Å². The molecule has 1 rings (SSSR count). The minimum absolute atomic E-state index is 0.115. The van der Waals surface area contributed by atoms with Crippen LogP contribution in [0.15, 0.2) is 0 Å². The molecule has 1 aliphatic heterocycles. The van der Waals surface area contributed by atoms with Gasteiger partial charge in [0.2, 0.25) is 0 Å². The van der Waals surface area contributed by atoms with Gasteiger partial charge in [-0.3, -0.25) is 4.79 Å². The van der Waals surface area contributed by atoms with E-state index in [4.69, 9.17) is 18.9 Å². The zero-order chi connectivity index (χ0) is 12.1. The predicted molar refractivity (Wildman–Crippen MR) is 60.4 cm³/mol. The number of esters is 1. The molecule has 4 atom stereocenters. The predicted octanol–water partition coefficient (Wildman–Crippen LogP) is 0.667. The Hall–Kier alpha value is -0.300. The van der Waals surface area contributed by atoms with Crippen LogP contribution in [0.2, 0.25) is 0 Å². The van der Waals surface area contributed by atoms with Crippen LogP contribution in [-0.4, -0.2) is 56.8 Å². The number of carbonyl (C=O) groups excluding carboxylic acids is 1. The molecule has 0 aliphatic carbocycles. The topological polar surface area (TPSA) is 54.0 Å². The summed E-state index contributed by atoms with van der Waals surface area (Å²) in [4.78, 5) is 11.0. The summed E-state index contributed by atoms with van der Waals surface area (Å²) in [5.41, 5.74) is -0.326. The number of hydrogen-bond acceptors (Lipinski definition) is 6. The number of hydrogen-bond donors (Lipinski definition) is 0. The summed E-state index contributed by atoms with van der Waals surface area (Å²) in [6.07, 6.45) is -0.377. The third-order valence-corrected chi connectivity index (χ3v) is 3.81. The van der Waals surface area contributed by atoms with Crippen molar-refractivity contribution in [3.05, 3.63) is 0 Å². The van der Waals surface area contributed by atoms with Crippen molar-refractivity contribution in [3.63, 3.8) is 0 Å². The van der Waals surface area contributed by atoms with E-state index in [2.05, 4.69) is 0 Å². The highest BCUT2D eigenvalue weighted by Crippen LogP contribution is 2.38. The van der Waals surface area contributed by atoms with Gasteiger partial charge in [0.1, 0.15) is 12.2 Å². The number of thioether (sulfide) groups is 1. The highest BCUT2D eigenvalue weighted by Gasteiger charge is 2.46. The molecule has 0 spiro atoms. The first-order valence-corrected chi connectivity index (χ1v) is 5.95. The zero-order valence-corrected chi connectivity index (χ0v) is 10.8. The van der Waals surface area contributed by atoms with Crippen molar-refractivity contribution in [2.45, 2.75) is 29.8 Å². The highest BCUT2D eigenvalue weighted by atomic mass is 32.2. The third kappa shape index (κ3) is 3.10. The van der Waals surface area contributed by atoms with Crippen LogP contribution in [0, 0.1) is 0 Å². The van der Waals surface area contributed by atoms with Crippen LogP contribution in [0.3, 0.4) is 0 Å². The fourth-order valence-corrected chi connectivity index (χ4v) is 3.37. The van der Waals surface area contributed by atoms with Crippen LogP contribution in [-0.2, 0) is 23.7 Å².